The Morgan fingerprint density at radius 1 is 1.07 bits per heavy atom. The fourth-order valence-electron chi connectivity index (χ4n) is 2.77. The lowest BCUT2D eigenvalue weighted by atomic mass is 10.2. The van der Waals surface area contributed by atoms with E-state index in [1.165, 1.54) is 11.3 Å². The van der Waals surface area contributed by atoms with Crippen LogP contribution in [-0.4, -0.2) is 15.9 Å². The molecule has 2 aromatic carbocycles. The van der Waals surface area contributed by atoms with Crippen molar-refractivity contribution in [2.24, 2.45) is 0 Å². The minimum absolute atomic E-state index is 0.248. The van der Waals surface area contributed by atoms with Gasteiger partial charge < -0.3 is 10.1 Å². The summed E-state index contributed by atoms with van der Waals surface area (Å²) in [7, 11) is 0. The van der Waals surface area contributed by atoms with Gasteiger partial charge in [0.25, 0.3) is 5.91 Å². The van der Waals surface area contributed by atoms with E-state index in [0.29, 0.717) is 34.6 Å². The van der Waals surface area contributed by atoms with Crippen LogP contribution in [0.3, 0.4) is 0 Å². The maximum absolute atomic E-state index is 12.4. The highest BCUT2D eigenvalue weighted by Crippen LogP contribution is 2.33. The van der Waals surface area contributed by atoms with Crippen molar-refractivity contribution in [2.45, 2.75) is 13.2 Å². The largest absolute Gasteiger partial charge is 0.489 e. The second-order valence-electron chi connectivity index (χ2n) is 6.46. The second kappa shape index (κ2) is 9.52. The lowest BCUT2D eigenvalue weighted by Gasteiger charge is -2.08. The Balaban J connectivity index is 1.40. The van der Waals surface area contributed by atoms with Crippen LogP contribution in [0, 0.1) is 0 Å². The summed E-state index contributed by atoms with van der Waals surface area (Å²) in [5.41, 5.74) is 2.98. The van der Waals surface area contributed by atoms with Crippen LogP contribution < -0.4 is 10.1 Å². The highest BCUT2D eigenvalue weighted by molar-refractivity contribution is 7.13. The number of benzene rings is 2. The van der Waals surface area contributed by atoms with Gasteiger partial charge in [0.2, 0.25) is 0 Å². The third kappa shape index (κ3) is 5.03. The average molecular weight is 436 g/mol. The van der Waals surface area contributed by atoms with Crippen molar-refractivity contribution < 1.29 is 9.53 Å². The van der Waals surface area contributed by atoms with Gasteiger partial charge in [-0.3, -0.25) is 9.78 Å². The predicted octanol–water partition coefficient (Wildman–Crippen LogP) is 5.37. The standard InChI is InChI=1S/C23H18ClN3O2S/c24-20-12-18(29-14-16-6-2-1-3-7-16)9-10-19(20)23-27-21(15-30-23)22(28)26-13-17-8-4-5-11-25-17/h1-12,15H,13-14H2,(H,26,28). The number of carbonyl (C=O) groups excluding carboxylic acids is 1. The van der Waals surface area contributed by atoms with E-state index in [1.54, 1.807) is 17.6 Å². The number of pyridine rings is 1. The summed E-state index contributed by atoms with van der Waals surface area (Å²) >= 11 is 7.82. The van der Waals surface area contributed by atoms with Crippen LogP contribution in [0.2, 0.25) is 5.02 Å². The molecular weight excluding hydrogens is 418 g/mol. The van der Waals surface area contributed by atoms with E-state index in [-0.39, 0.29) is 5.91 Å². The number of thiazole rings is 1. The fourth-order valence-corrected chi connectivity index (χ4v) is 3.92. The molecule has 30 heavy (non-hydrogen) atoms. The van der Waals surface area contributed by atoms with Gasteiger partial charge in [-0.2, -0.15) is 0 Å². The van der Waals surface area contributed by atoms with Crippen molar-refractivity contribution in [1.82, 2.24) is 15.3 Å². The van der Waals surface area contributed by atoms with Gasteiger partial charge in [-0.25, -0.2) is 4.98 Å². The highest BCUT2D eigenvalue weighted by atomic mass is 35.5. The molecule has 0 aliphatic carbocycles. The average Bonchev–Trinajstić information content (AvgIpc) is 3.27. The molecule has 1 N–H and O–H groups in total. The number of ether oxygens (including phenoxy) is 1. The smallest absolute Gasteiger partial charge is 0.271 e. The molecule has 7 heteroatoms. The van der Waals surface area contributed by atoms with Crippen molar-refractivity contribution in [3.8, 4) is 16.3 Å². The number of hydrogen-bond acceptors (Lipinski definition) is 5. The number of rotatable bonds is 7. The highest BCUT2D eigenvalue weighted by Gasteiger charge is 2.14. The molecule has 0 saturated carbocycles. The Bertz CT molecular complexity index is 1130. The number of nitrogens with one attached hydrogen (secondary N) is 1. The molecule has 4 rings (SSSR count). The Morgan fingerprint density at radius 3 is 2.67 bits per heavy atom. The van der Waals surface area contributed by atoms with Gasteiger partial charge in [-0.1, -0.05) is 48.0 Å². The van der Waals surface area contributed by atoms with Crippen molar-refractivity contribution in [3.63, 3.8) is 0 Å². The van der Waals surface area contributed by atoms with Crippen LogP contribution >= 0.6 is 22.9 Å². The van der Waals surface area contributed by atoms with E-state index in [9.17, 15) is 4.79 Å². The normalized spacial score (nSPS) is 10.6. The molecule has 0 radical (unpaired) electrons. The number of aromatic nitrogens is 2. The number of carbonyl (C=O) groups is 1. The topological polar surface area (TPSA) is 64.1 Å². The summed E-state index contributed by atoms with van der Waals surface area (Å²) in [5, 5.41) is 5.75. The van der Waals surface area contributed by atoms with E-state index in [1.807, 2.05) is 60.7 Å². The molecule has 0 aliphatic rings. The molecule has 0 aliphatic heterocycles. The first-order chi connectivity index (χ1) is 14.7. The zero-order valence-electron chi connectivity index (χ0n) is 15.9. The third-order valence-electron chi connectivity index (χ3n) is 4.31. The maximum atomic E-state index is 12.4. The molecule has 0 unspecified atom stereocenters. The molecular formula is C23H18ClN3O2S. The molecule has 0 atom stereocenters. The fraction of sp³-hybridized carbons (Fsp3) is 0.0870. The third-order valence-corrected chi connectivity index (χ3v) is 5.50. The molecule has 0 spiro atoms. The van der Waals surface area contributed by atoms with E-state index >= 15 is 0 Å². The minimum atomic E-state index is -0.248. The van der Waals surface area contributed by atoms with Crippen LogP contribution in [0.1, 0.15) is 21.7 Å². The molecule has 150 valence electrons. The first kappa shape index (κ1) is 20.1. The van der Waals surface area contributed by atoms with Crippen molar-refractivity contribution in [3.05, 3.63) is 100 Å². The number of amides is 1. The monoisotopic (exact) mass is 435 g/mol. The quantitative estimate of drug-likeness (QED) is 0.424. The Hall–Kier alpha value is -3.22. The van der Waals surface area contributed by atoms with Crippen molar-refractivity contribution in [1.29, 1.82) is 0 Å². The molecule has 2 heterocycles. The molecule has 0 saturated heterocycles. The van der Waals surface area contributed by atoms with Gasteiger partial charge >= 0.3 is 0 Å². The van der Waals surface area contributed by atoms with Crippen molar-refractivity contribution >= 4 is 28.8 Å². The molecule has 5 nitrogen and oxygen atoms in total. The van der Waals surface area contributed by atoms with Crippen LogP contribution in [-0.2, 0) is 13.2 Å². The number of hydrogen-bond donors (Lipinski definition) is 1. The van der Waals surface area contributed by atoms with Gasteiger partial charge in [0.05, 0.1) is 17.3 Å². The SMILES string of the molecule is O=C(NCc1ccccn1)c1csc(-c2ccc(OCc3ccccc3)cc2Cl)n1. The molecule has 2 aromatic heterocycles. The van der Waals surface area contributed by atoms with Gasteiger partial charge in [-0.05, 0) is 35.9 Å². The molecule has 0 bridgehead atoms. The molecule has 1 amide bonds. The summed E-state index contributed by atoms with van der Waals surface area (Å²) in [6.45, 7) is 0.815. The Labute approximate surface area is 183 Å². The minimum Gasteiger partial charge on any atom is -0.489 e. The molecule has 0 fully saturated rings. The van der Waals surface area contributed by atoms with Crippen LogP contribution in [0.15, 0.2) is 78.3 Å². The van der Waals surface area contributed by atoms with Gasteiger partial charge in [0, 0.05) is 17.1 Å². The Morgan fingerprint density at radius 2 is 1.90 bits per heavy atom. The van der Waals surface area contributed by atoms with E-state index in [0.717, 1.165) is 16.8 Å². The second-order valence-corrected chi connectivity index (χ2v) is 7.72. The van der Waals surface area contributed by atoms with Crippen LogP contribution in [0.4, 0.5) is 0 Å². The van der Waals surface area contributed by atoms with Crippen molar-refractivity contribution in [2.75, 3.05) is 0 Å². The summed E-state index contributed by atoms with van der Waals surface area (Å²) in [6, 6.07) is 21.0. The number of halogens is 1. The molecule has 4 aromatic rings. The van der Waals surface area contributed by atoms with Crippen LogP contribution in [0.25, 0.3) is 10.6 Å². The summed E-state index contributed by atoms with van der Waals surface area (Å²) in [5.74, 6) is 0.430. The van der Waals surface area contributed by atoms with E-state index in [2.05, 4.69) is 15.3 Å². The Kier molecular flexibility index (Phi) is 6.37. The van der Waals surface area contributed by atoms with Gasteiger partial charge in [0.1, 0.15) is 23.1 Å². The summed E-state index contributed by atoms with van der Waals surface area (Å²) < 4.78 is 5.81. The predicted molar refractivity (Wildman–Crippen MR) is 119 cm³/mol. The van der Waals surface area contributed by atoms with E-state index in [4.69, 9.17) is 16.3 Å². The first-order valence-corrected chi connectivity index (χ1v) is 10.5. The first-order valence-electron chi connectivity index (χ1n) is 9.29. The number of nitrogens with zero attached hydrogens (tertiary/aromatic N) is 2. The zero-order valence-corrected chi connectivity index (χ0v) is 17.5. The maximum Gasteiger partial charge on any atom is 0.271 e. The van der Waals surface area contributed by atoms with E-state index < -0.39 is 0 Å². The lowest BCUT2D eigenvalue weighted by Crippen LogP contribution is -2.23. The van der Waals surface area contributed by atoms with Crippen LogP contribution in [0.5, 0.6) is 5.75 Å². The lowest BCUT2D eigenvalue weighted by molar-refractivity contribution is 0.0946. The summed E-state index contributed by atoms with van der Waals surface area (Å²) in [4.78, 5) is 21.0. The summed E-state index contributed by atoms with van der Waals surface area (Å²) in [6.07, 6.45) is 1.69. The zero-order chi connectivity index (χ0) is 20.8. The van der Waals surface area contributed by atoms with Gasteiger partial charge in [0.15, 0.2) is 0 Å². The van der Waals surface area contributed by atoms with Gasteiger partial charge in [-0.15, -0.1) is 11.3 Å².